The Kier molecular flexibility index (Phi) is 3.74. The van der Waals surface area contributed by atoms with Crippen molar-refractivity contribution in [3.63, 3.8) is 0 Å². The van der Waals surface area contributed by atoms with Gasteiger partial charge in [-0.15, -0.1) is 0 Å². The highest BCUT2D eigenvalue weighted by molar-refractivity contribution is 5.88. The number of nitrogens with one attached hydrogen (secondary N) is 2. The van der Waals surface area contributed by atoms with Crippen LogP contribution >= 0.6 is 0 Å². The predicted molar refractivity (Wildman–Crippen MR) is 76.8 cm³/mol. The van der Waals surface area contributed by atoms with Crippen LogP contribution < -0.4 is 10.6 Å². The molecule has 4 aliphatic carbocycles. The molecule has 20 heavy (non-hydrogen) atoms. The van der Waals surface area contributed by atoms with Gasteiger partial charge in [0.25, 0.3) is 0 Å². The van der Waals surface area contributed by atoms with Crippen LogP contribution in [0.5, 0.6) is 0 Å². The summed E-state index contributed by atoms with van der Waals surface area (Å²) in [5, 5.41) is 5.71. The first-order valence-electron chi connectivity index (χ1n) is 8.16. The molecule has 4 bridgehead atoms. The molecule has 0 heterocycles. The second-order valence-electron chi connectivity index (χ2n) is 7.08. The fourth-order valence-corrected chi connectivity index (χ4v) is 5.06. The third-order valence-corrected chi connectivity index (χ3v) is 5.63. The molecule has 0 spiro atoms. The summed E-state index contributed by atoms with van der Waals surface area (Å²) in [4.78, 5) is 24.3. The minimum atomic E-state index is -0.417. The molecule has 2 amide bonds. The number of amides is 2. The Morgan fingerprint density at radius 1 is 1.05 bits per heavy atom. The SMILES string of the molecule is CCNC(=O)C(C)NC(=O)C1C2CC3CC(C2)CC1C3. The normalized spacial score (nSPS) is 39.4. The van der Waals surface area contributed by atoms with E-state index >= 15 is 0 Å². The quantitative estimate of drug-likeness (QED) is 0.822. The van der Waals surface area contributed by atoms with Crippen LogP contribution in [0, 0.1) is 29.6 Å². The molecular formula is C16H26N2O2. The molecule has 0 aromatic carbocycles. The number of carbonyl (C=O) groups excluding carboxylic acids is 2. The number of carbonyl (C=O) groups is 2. The molecule has 4 aliphatic rings. The first kappa shape index (κ1) is 13.9. The Morgan fingerprint density at radius 2 is 1.60 bits per heavy atom. The van der Waals surface area contributed by atoms with Gasteiger partial charge in [-0.05, 0) is 69.6 Å². The fraction of sp³-hybridized carbons (Fsp3) is 0.875. The summed E-state index contributed by atoms with van der Waals surface area (Å²) in [5.41, 5.74) is 0. The van der Waals surface area contributed by atoms with Crippen molar-refractivity contribution in [3.05, 3.63) is 0 Å². The van der Waals surface area contributed by atoms with E-state index in [9.17, 15) is 9.59 Å². The lowest BCUT2D eigenvalue weighted by atomic mass is 9.51. The summed E-state index contributed by atoms with van der Waals surface area (Å²) >= 11 is 0. The highest BCUT2D eigenvalue weighted by atomic mass is 16.2. The van der Waals surface area contributed by atoms with Crippen LogP contribution in [0.3, 0.4) is 0 Å². The van der Waals surface area contributed by atoms with E-state index in [-0.39, 0.29) is 17.7 Å². The third kappa shape index (κ3) is 2.45. The molecule has 0 aliphatic heterocycles. The van der Waals surface area contributed by atoms with Crippen LogP contribution in [0.4, 0.5) is 0 Å². The molecule has 1 unspecified atom stereocenters. The maximum absolute atomic E-state index is 12.6. The number of rotatable bonds is 4. The molecule has 4 nitrogen and oxygen atoms in total. The molecule has 2 N–H and O–H groups in total. The van der Waals surface area contributed by atoms with Crippen LogP contribution in [-0.2, 0) is 9.59 Å². The van der Waals surface area contributed by atoms with E-state index in [1.165, 1.54) is 32.1 Å². The molecule has 4 heteroatoms. The summed E-state index contributed by atoms with van der Waals surface area (Å²) < 4.78 is 0. The van der Waals surface area contributed by atoms with Gasteiger partial charge < -0.3 is 10.6 Å². The average Bonchev–Trinajstić information content (AvgIpc) is 2.37. The Hall–Kier alpha value is -1.06. The van der Waals surface area contributed by atoms with Crippen molar-refractivity contribution < 1.29 is 9.59 Å². The van der Waals surface area contributed by atoms with E-state index in [1.54, 1.807) is 6.92 Å². The summed E-state index contributed by atoms with van der Waals surface area (Å²) in [6.07, 6.45) is 6.35. The highest BCUT2D eigenvalue weighted by Crippen LogP contribution is 2.56. The number of hydrogen-bond acceptors (Lipinski definition) is 2. The van der Waals surface area contributed by atoms with Crippen LogP contribution in [0.15, 0.2) is 0 Å². The van der Waals surface area contributed by atoms with Gasteiger partial charge in [0.15, 0.2) is 0 Å². The topological polar surface area (TPSA) is 58.2 Å². The lowest BCUT2D eigenvalue weighted by Crippen LogP contribution is -2.54. The monoisotopic (exact) mass is 278 g/mol. The minimum absolute atomic E-state index is 0.0790. The average molecular weight is 278 g/mol. The van der Waals surface area contributed by atoms with Crippen molar-refractivity contribution in [1.29, 1.82) is 0 Å². The third-order valence-electron chi connectivity index (χ3n) is 5.63. The standard InChI is InChI=1S/C16H26N2O2/c1-3-17-15(19)9(2)18-16(20)14-12-5-10-4-11(7-12)8-13(14)6-10/h9-14H,3-8H2,1-2H3,(H,17,19)(H,18,20). The maximum atomic E-state index is 12.6. The maximum Gasteiger partial charge on any atom is 0.242 e. The van der Waals surface area contributed by atoms with Crippen molar-refractivity contribution in [3.8, 4) is 0 Å². The van der Waals surface area contributed by atoms with E-state index in [0.29, 0.717) is 18.4 Å². The summed E-state index contributed by atoms with van der Waals surface area (Å²) in [6.45, 7) is 4.28. The van der Waals surface area contributed by atoms with Gasteiger partial charge in [0.05, 0.1) is 0 Å². The zero-order valence-corrected chi connectivity index (χ0v) is 12.5. The van der Waals surface area contributed by atoms with Crippen LogP contribution in [0.2, 0.25) is 0 Å². The van der Waals surface area contributed by atoms with Gasteiger partial charge in [-0.2, -0.15) is 0 Å². The molecular weight excluding hydrogens is 252 g/mol. The van der Waals surface area contributed by atoms with Crippen molar-refractivity contribution in [2.24, 2.45) is 29.6 Å². The van der Waals surface area contributed by atoms with Crippen molar-refractivity contribution in [2.45, 2.75) is 52.0 Å². The number of likely N-dealkylation sites (N-methyl/N-ethyl adjacent to an activating group) is 1. The lowest BCUT2D eigenvalue weighted by Gasteiger charge is -2.53. The van der Waals surface area contributed by atoms with Gasteiger partial charge in [0, 0.05) is 12.5 Å². The molecule has 4 fully saturated rings. The summed E-state index contributed by atoms with van der Waals surface area (Å²) in [6, 6.07) is -0.417. The first-order chi connectivity index (χ1) is 9.58. The molecule has 0 aromatic heterocycles. The first-order valence-corrected chi connectivity index (χ1v) is 8.16. The van der Waals surface area contributed by atoms with Crippen molar-refractivity contribution >= 4 is 11.8 Å². The van der Waals surface area contributed by atoms with Gasteiger partial charge in [-0.3, -0.25) is 9.59 Å². The number of hydrogen-bond donors (Lipinski definition) is 2. The van der Waals surface area contributed by atoms with E-state index in [4.69, 9.17) is 0 Å². The van der Waals surface area contributed by atoms with E-state index in [1.807, 2.05) is 6.92 Å². The summed E-state index contributed by atoms with van der Waals surface area (Å²) in [5.74, 6) is 3.12. The van der Waals surface area contributed by atoms with Crippen LogP contribution in [0.25, 0.3) is 0 Å². The Balaban J connectivity index is 1.61. The van der Waals surface area contributed by atoms with E-state index < -0.39 is 6.04 Å². The van der Waals surface area contributed by atoms with Gasteiger partial charge in [-0.25, -0.2) is 0 Å². The van der Waals surface area contributed by atoms with E-state index in [0.717, 1.165) is 11.8 Å². The zero-order chi connectivity index (χ0) is 14.3. The molecule has 4 rings (SSSR count). The smallest absolute Gasteiger partial charge is 0.242 e. The van der Waals surface area contributed by atoms with Crippen molar-refractivity contribution in [1.82, 2.24) is 10.6 Å². The molecule has 112 valence electrons. The Morgan fingerprint density at radius 3 is 2.10 bits per heavy atom. The lowest BCUT2D eigenvalue weighted by molar-refractivity contribution is -0.141. The fourth-order valence-electron chi connectivity index (χ4n) is 5.06. The molecule has 4 saturated carbocycles. The van der Waals surface area contributed by atoms with Gasteiger partial charge in [-0.1, -0.05) is 0 Å². The largest absolute Gasteiger partial charge is 0.355 e. The van der Waals surface area contributed by atoms with Crippen LogP contribution in [-0.4, -0.2) is 24.4 Å². The zero-order valence-electron chi connectivity index (χ0n) is 12.5. The molecule has 0 radical (unpaired) electrons. The molecule has 1 atom stereocenters. The molecule has 0 aromatic rings. The van der Waals surface area contributed by atoms with E-state index in [2.05, 4.69) is 10.6 Å². The van der Waals surface area contributed by atoms with Crippen molar-refractivity contribution in [2.75, 3.05) is 6.54 Å². The Labute approximate surface area is 121 Å². The van der Waals surface area contributed by atoms with Crippen LogP contribution in [0.1, 0.15) is 46.0 Å². The van der Waals surface area contributed by atoms with Gasteiger partial charge >= 0.3 is 0 Å². The van der Waals surface area contributed by atoms with Gasteiger partial charge in [0.1, 0.15) is 6.04 Å². The highest BCUT2D eigenvalue weighted by Gasteiger charge is 2.50. The van der Waals surface area contributed by atoms with Gasteiger partial charge in [0.2, 0.25) is 11.8 Å². The second kappa shape index (κ2) is 5.38. The molecule has 0 saturated heterocycles. The predicted octanol–water partition coefficient (Wildman–Crippen LogP) is 1.70. The second-order valence-corrected chi connectivity index (χ2v) is 7.08. The summed E-state index contributed by atoms with van der Waals surface area (Å²) in [7, 11) is 0. The minimum Gasteiger partial charge on any atom is -0.355 e. The Bertz CT molecular complexity index is 379.